The first-order valence-electron chi connectivity index (χ1n) is 7.68. The first kappa shape index (κ1) is 17.0. The molecule has 0 amide bonds. The third kappa shape index (κ3) is 4.09. The van der Waals surface area contributed by atoms with E-state index in [1.165, 1.54) is 18.4 Å². The number of hydrogen-bond acceptors (Lipinski definition) is 4. The minimum absolute atomic E-state index is 0. The van der Waals surface area contributed by atoms with Crippen molar-refractivity contribution in [2.75, 3.05) is 19.6 Å². The average molecular weight is 322 g/mol. The summed E-state index contributed by atoms with van der Waals surface area (Å²) in [5.41, 5.74) is 9.02. The summed E-state index contributed by atoms with van der Waals surface area (Å²) < 4.78 is 5.62. The zero-order valence-electron chi connectivity index (χ0n) is 13.0. The van der Waals surface area contributed by atoms with E-state index in [2.05, 4.69) is 41.1 Å². The molecule has 3 rings (SSSR count). The minimum Gasteiger partial charge on any atom is -0.444 e. The summed E-state index contributed by atoms with van der Waals surface area (Å²) in [7, 11) is 0. The Morgan fingerprint density at radius 2 is 1.91 bits per heavy atom. The van der Waals surface area contributed by atoms with Crippen LogP contribution in [0.4, 0.5) is 0 Å². The van der Waals surface area contributed by atoms with Crippen LogP contribution >= 0.6 is 12.4 Å². The average Bonchev–Trinajstić information content (AvgIpc) is 2.97. The maximum Gasteiger partial charge on any atom is 0.226 e. The molecule has 1 aromatic carbocycles. The number of oxazole rings is 1. The summed E-state index contributed by atoms with van der Waals surface area (Å²) in [6, 6.07) is 8.27. The Morgan fingerprint density at radius 3 is 2.55 bits per heavy atom. The van der Waals surface area contributed by atoms with Gasteiger partial charge in [-0.15, -0.1) is 12.4 Å². The lowest BCUT2D eigenvalue weighted by Crippen LogP contribution is -2.35. The second-order valence-electron chi connectivity index (χ2n) is 5.97. The lowest BCUT2D eigenvalue weighted by molar-refractivity contribution is 0.178. The second kappa shape index (κ2) is 7.77. The number of hydrogen-bond donors (Lipinski definition) is 1. The number of likely N-dealkylation sites (tertiary alicyclic amines) is 1. The number of nitrogens with zero attached hydrogens (tertiary/aromatic N) is 2. The molecule has 2 heterocycles. The summed E-state index contributed by atoms with van der Waals surface area (Å²) in [6.07, 6.45) is 4.17. The molecule has 1 aliphatic heterocycles. The Labute approximate surface area is 138 Å². The lowest BCUT2D eigenvalue weighted by atomic mass is 9.97. The van der Waals surface area contributed by atoms with E-state index in [-0.39, 0.29) is 12.4 Å². The third-order valence-electron chi connectivity index (χ3n) is 4.28. The predicted octanol–water partition coefficient (Wildman–Crippen LogP) is 3.24. The number of aromatic nitrogens is 1. The van der Waals surface area contributed by atoms with Gasteiger partial charge >= 0.3 is 0 Å². The smallest absolute Gasteiger partial charge is 0.226 e. The van der Waals surface area contributed by atoms with E-state index >= 15 is 0 Å². The van der Waals surface area contributed by atoms with Crippen LogP contribution < -0.4 is 5.73 Å². The molecule has 120 valence electrons. The molecule has 0 aliphatic carbocycles. The van der Waals surface area contributed by atoms with Crippen molar-refractivity contribution in [2.45, 2.75) is 26.3 Å². The van der Waals surface area contributed by atoms with Gasteiger partial charge in [-0.25, -0.2) is 4.98 Å². The maximum atomic E-state index is 5.73. The number of nitrogens with two attached hydrogens (primary N) is 1. The third-order valence-corrected chi connectivity index (χ3v) is 4.28. The first-order chi connectivity index (χ1) is 10.2. The standard InChI is InChI=1S/C17H23N3O.ClH/c1-13-2-4-15(5-3-13)17-19-16(12-21-17)11-20-8-6-14(10-18)7-9-20;/h2-5,12,14H,6-11,18H2,1H3;1H. The van der Waals surface area contributed by atoms with Crippen LogP contribution in [0, 0.1) is 12.8 Å². The Bertz CT molecular complexity index is 574. The van der Waals surface area contributed by atoms with Crippen LogP contribution in [0.3, 0.4) is 0 Å². The molecule has 0 saturated carbocycles. The molecule has 1 saturated heterocycles. The van der Waals surface area contributed by atoms with E-state index in [1.54, 1.807) is 6.26 Å². The van der Waals surface area contributed by atoms with E-state index < -0.39 is 0 Å². The summed E-state index contributed by atoms with van der Waals surface area (Å²) >= 11 is 0. The van der Waals surface area contributed by atoms with Gasteiger partial charge in [-0.1, -0.05) is 17.7 Å². The highest BCUT2D eigenvalue weighted by atomic mass is 35.5. The zero-order valence-corrected chi connectivity index (χ0v) is 13.8. The van der Waals surface area contributed by atoms with Gasteiger partial charge in [0.05, 0.1) is 5.69 Å². The quantitative estimate of drug-likeness (QED) is 0.939. The van der Waals surface area contributed by atoms with Crippen LogP contribution in [0.25, 0.3) is 11.5 Å². The van der Waals surface area contributed by atoms with Crippen molar-refractivity contribution < 1.29 is 4.42 Å². The summed E-state index contributed by atoms with van der Waals surface area (Å²) in [5, 5.41) is 0. The van der Waals surface area contributed by atoms with Gasteiger partial charge in [0.1, 0.15) is 6.26 Å². The van der Waals surface area contributed by atoms with Gasteiger partial charge in [0.2, 0.25) is 5.89 Å². The molecular formula is C17H24ClN3O. The fourth-order valence-corrected chi connectivity index (χ4v) is 2.82. The Morgan fingerprint density at radius 1 is 1.23 bits per heavy atom. The summed E-state index contributed by atoms with van der Waals surface area (Å²) in [4.78, 5) is 7.04. The van der Waals surface area contributed by atoms with Gasteiger partial charge in [-0.3, -0.25) is 4.90 Å². The molecule has 22 heavy (non-hydrogen) atoms. The number of rotatable bonds is 4. The van der Waals surface area contributed by atoms with Crippen LogP contribution in [-0.2, 0) is 6.54 Å². The van der Waals surface area contributed by atoms with E-state index in [0.29, 0.717) is 11.8 Å². The number of halogens is 1. The van der Waals surface area contributed by atoms with Gasteiger partial charge in [0, 0.05) is 12.1 Å². The highest BCUT2D eigenvalue weighted by Gasteiger charge is 2.19. The van der Waals surface area contributed by atoms with Crippen molar-refractivity contribution in [3.63, 3.8) is 0 Å². The van der Waals surface area contributed by atoms with E-state index in [0.717, 1.165) is 37.4 Å². The normalized spacial score (nSPS) is 16.5. The molecule has 0 bridgehead atoms. The molecule has 0 unspecified atom stereocenters. The molecule has 4 nitrogen and oxygen atoms in total. The fourth-order valence-electron chi connectivity index (χ4n) is 2.82. The van der Waals surface area contributed by atoms with Gasteiger partial charge in [-0.05, 0) is 57.5 Å². The Kier molecular flexibility index (Phi) is 6.00. The molecule has 0 radical (unpaired) electrons. The van der Waals surface area contributed by atoms with Crippen LogP contribution in [0.5, 0.6) is 0 Å². The van der Waals surface area contributed by atoms with Crippen molar-refractivity contribution in [1.29, 1.82) is 0 Å². The number of piperidine rings is 1. The van der Waals surface area contributed by atoms with Crippen molar-refractivity contribution in [3.05, 3.63) is 41.8 Å². The molecule has 1 aromatic heterocycles. The summed E-state index contributed by atoms with van der Waals surface area (Å²) in [6.45, 7) is 5.97. The van der Waals surface area contributed by atoms with Gasteiger partial charge in [-0.2, -0.15) is 0 Å². The first-order valence-corrected chi connectivity index (χ1v) is 7.68. The molecule has 5 heteroatoms. The molecule has 1 aliphatic rings. The summed E-state index contributed by atoms with van der Waals surface area (Å²) in [5.74, 6) is 1.41. The van der Waals surface area contributed by atoms with E-state index in [4.69, 9.17) is 10.2 Å². The number of benzene rings is 1. The minimum atomic E-state index is 0. The maximum absolute atomic E-state index is 5.73. The van der Waals surface area contributed by atoms with Crippen LogP contribution in [0.2, 0.25) is 0 Å². The van der Waals surface area contributed by atoms with Crippen LogP contribution in [0.1, 0.15) is 24.1 Å². The van der Waals surface area contributed by atoms with Gasteiger partial charge in [0.25, 0.3) is 0 Å². The monoisotopic (exact) mass is 321 g/mol. The van der Waals surface area contributed by atoms with Crippen molar-refractivity contribution in [1.82, 2.24) is 9.88 Å². The predicted molar refractivity (Wildman–Crippen MR) is 91.0 cm³/mol. The highest BCUT2D eigenvalue weighted by molar-refractivity contribution is 5.85. The second-order valence-corrected chi connectivity index (χ2v) is 5.97. The largest absolute Gasteiger partial charge is 0.444 e. The van der Waals surface area contributed by atoms with E-state index in [1.807, 2.05) is 0 Å². The number of aryl methyl sites for hydroxylation is 1. The lowest BCUT2D eigenvalue weighted by Gasteiger charge is -2.30. The van der Waals surface area contributed by atoms with Crippen molar-refractivity contribution in [2.24, 2.45) is 11.7 Å². The zero-order chi connectivity index (χ0) is 14.7. The highest BCUT2D eigenvalue weighted by Crippen LogP contribution is 2.21. The topological polar surface area (TPSA) is 55.3 Å². The molecule has 0 spiro atoms. The van der Waals surface area contributed by atoms with Crippen molar-refractivity contribution >= 4 is 12.4 Å². The molecular weight excluding hydrogens is 298 g/mol. The van der Waals surface area contributed by atoms with Gasteiger partial charge < -0.3 is 10.2 Å². The molecule has 1 fully saturated rings. The Hall–Kier alpha value is -1.36. The fraction of sp³-hybridized carbons (Fsp3) is 0.471. The molecule has 0 atom stereocenters. The molecule has 2 aromatic rings. The van der Waals surface area contributed by atoms with Crippen LogP contribution in [-0.4, -0.2) is 29.5 Å². The van der Waals surface area contributed by atoms with Gasteiger partial charge in [0.15, 0.2) is 0 Å². The SMILES string of the molecule is Cc1ccc(-c2nc(CN3CCC(CN)CC3)co2)cc1.Cl. The Balaban J connectivity index is 0.00000176. The van der Waals surface area contributed by atoms with Crippen molar-refractivity contribution in [3.8, 4) is 11.5 Å². The molecule has 2 N–H and O–H groups in total. The van der Waals surface area contributed by atoms with Crippen LogP contribution in [0.15, 0.2) is 34.9 Å². The van der Waals surface area contributed by atoms with E-state index in [9.17, 15) is 0 Å².